The molecule has 1 saturated heterocycles. The van der Waals surface area contributed by atoms with Crippen molar-refractivity contribution < 1.29 is 43.5 Å². The van der Waals surface area contributed by atoms with Gasteiger partial charge in [-0.25, -0.2) is 9.59 Å². The second-order valence-electron chi connectivity index (χ2n) is 10.8. The van der Waals surface area contributed by atoms with Crippen molar-refractivity contribution in [2.24, 2.45) is 0 Å². The summed E-state index contributed by atoms with van der Waals surface area (Å²) in [4.78, 5) is 40.8. The molecule has 234 valence electrons. The third-order valence-corrected chi connectivity index (χ3v) is 7.60. The second-order valence-corrected chi connectivity index (χ2v) is 10.8. The molecule has 3 aromatic rings. The highest BCUT2D eigenvalue weighted by Gasteiger charge is 2.64. The Balaban J connectivity index is 1.72. The van der Waals surface area contributed by atoms with Crippen molar-refractivity contribution in [2.45, 2.75) is 75.7 Å². The molecule has 0 aromatic heterocycles. The van der Waals surface area contributed by atoms with Gasteiger partial charge in [-0.2, -0.15) is 0 Å². The van der Waals surface area contributed by atoms with Gasteiger partial charge in [0, 0.05) is 12.2 Å². The molecule has 5 atom stereocenters. The molecule has 1 unspecified atom stereocenters. The maximum Gasteiger partial charge on any atom is 0.338 e. The fraction of sp³-hybridized carbons (Fsp3) is 0.400. The first-order valence-corrected chi connectivity index (χ1v) is 15.1. The van der Waals surface area contributed by atoms with Gasteiger partial charge in [-0.1, -0.05) is 106 Å². The van der Waals surface area contributed by atoms with Gasteiger partial charge >= 0.3 is 11.9 Å². The van der Waals surface area contributed by atoms with Crippen LogP contribution in [0.1, 0.15) is 76.5 Å². The SMILES string of the molecule is CCCCCCCCOC1O[C@H](CO)[C@@H](OC(=O)c2ccccc2)[C@H](OC(=O)c2ccccc2)[C@]1(O)C(=O)c1ccccc1. The topological polar surface area (TPSA) is 129 Å². The van der Waals surface area contributed by atoms with Gasteiger partial charge in [-0.15, -0.1) is 0 Å². The van der Waals surface area contributed by atoms with E-state index in [4.69, 9.17) is 18.9 Å². The molecule has 1 aliphatic rings. The molecule has 0 saturated carbocycles. The maximum absolute atomic E-state index is 14.2. The normalized spacial score (nSPS) is 23.1. The Kier molecular flexibility index (Phi) is 12.2. The number of benzene rings is 3. The van der Waals surface area contributed by atoms with Crippen molar-refractivity contribution in [3.05, 3.63) is 108 Å². The van der Waals surface area contributed by atoms with E-state index < -0.39 is 54.5 Å². The van der Waals surface area contributed by atoms with Crippen molar-refractivity contribution in [1.82, 2.24) is 0 Å². The lowest BCUT2D eigenvalue weighted by molar-refractivity contribution is -0.322. The van der Waals surface area contributed by atoms with Crippen molar-refractivity contribution in [3.63, 3.8) is 0 Å². The molecule has 0 amide bonds. The van der Waals surface area contributed by atoms with Gasteiger partial charge in [0.2, 0.25) is 11.4 Å². The molecule has 0 bridgehead atoms. The summed E-state index contributed by atoms with van der Waals surface area (Å²) >= 11 is 0. The number of unbranched alkanes of at least 4 members (excludes halogenated alkanes) is 5. The third kappa shape index (κ3) is 7.98. The summed E-state index contributed by atoms with van der Waals surface area (Å²) in [5.41, 5.74) is -2.23. The lowest BCUT2D eigenvalue weighted by Gasteiger charge is -2.48. The third-order valence-electron chi connectivity index (χ3n) is 7.60. The minimum Gasteiger partial charge on any atom is -0.452 e. The highest BCUT2D eigenvalue weighted by atomic mass is 16.7. The summed E-state index contributed by atoms with van der Waals surface area (Å²) in [5, 5.41) is 22.8. The van der Waals surface area contributed by atoms with Crippen LogP contribution in [0.3, 0.4) is 0 Å². The zero-order valence-corrected chi connectivity index (χ0v) is 24.9. The number of hydrogen-bond acceptors (Lipinski definition) is 9. The molecular formula is C35H40O9. The average molecular weight is 605 g/mol. The number of ketones is 1. The van der Waals surface area contributed by atoms with E-state index in [-0.39, 0.29) is 23.3 Å². The first-order chi connectivity index (χ1) is 21.4. The first-order valence-electron chi connectivity index (χ1n) is 15.1. The summed E-state index contributed by atoms with van der Waals surface area (Å²) in [6.45, 7) is 1.59. The number of hydrogen-bond donors (Lipinski definition) is 2. The molecule has 1 heterocycles. The smallest absolute Gasteiger partial charge is 0.338 e. The maximum atomic E-state index is 14.2. The van der Waals surface area contributed by atoms with Crippen LogP contribution in [0.15, 0.2) is 91.0 Å². The summed E-state index contributed by atoms with van der Waals surface area (Å²) in [6.07, 6.45) is -0.499. The van der Waals surface area contributed by atoms with Crippen LogP contribution in [-0.4, -0.2) is 71.4 Å². The van der Waals surface area contributed by atoms with Crippen LogP contribution in [0.4, 0.5) is 0 Å². The molecule has 1 fully saturated rings. The van der Waals surface area contributed by atoms with Crippen LogP contribution in [0.25, 0.3) is 0 Å². The van der Waals surface area contributed by atoms with Gasteiger partial charge in [0.15, 0.2) is 18.5 Å². The molecule has 3 aromatic carbocycles. The van der Waals surface area contributed by atoms with E-state index in [1.54, 1.807) is 54.6 Å². The Morgan fingerprint density at radius 1 is 0.727 bits per heavy atom. The number of carbonyl (C=O) groups excluding carboxylic acids is 3. The van der Waals surface area contributed by atoms with Gasteiger partial charge in [0.05, 0.1) is 17.7 Å². The number of rotatable bonds is 15. The Labute approximate surface area is 257 Å². The quantitative estimate of drug-likeness (QED) is 0.138. The van der Waals surface area contributed by atoms with E-state index in [0.717, 1.165) is 32.1 Å². The monoisotopic (exact) mass is 604 g/mol. The zero-order chi connectivity index (χ0) is 31.4. The lowest BCUT2D eigenvalue weighted by atomic mass is 9.80. The number of carbonyl (C=O) groups is 3. The Morgan fingerprint density at radius 3 is 1.77 bits per heavy atom. The molecule has 44 heavy (non-hydrogen) atoms. The molecule has 0 radical (unpaired) electrons. The number of ether oxygens (including phenoxy) is 4. The summed E-state index contributed by atoms with van der Waals surface area (Å²) in [5.74, 6) is -2.54. The van der Waals surface area contributed by atoms with Crippen LogP contribution in [0, 0.1) is 0 Å². The highest BCUT2D eigenvalue weighted by Crippen LogP contribution is 2.38. The molecular weight excluding hydrogens is 564 g/mol. The van der Waals surface area contributed by atoms with Crippen LogP contribution >= 0.6 is 0 Å². The van der Waals surface area contributed by atoms with Gasteiger partial charge in [0.25, 0.3) is 0 Å². The predicted octanol–water partition coefficient (Wildman–Crippen LogP) is 5.15. The first kappa shape index (κ1) is 33.0. The lowest BCUT2D eigenvalue weighted by Crippen LogP contribution is -2.72. The Bertz CT molecular complexity index is 1330. The number of aliphatic hydroxyl groups excluding tert-OH is 1. The van der Waals surface area contributed by atoms with Crippen LogP contribution in [-0.2, 0) is 18.9 Å². The average Bonchev–Trinajstić information content (AvgIpc) is 3.07. The van der Waals surface area contributed by atoms with E-state index in [0.29, 0.717) is 6.42 Å². The summed E-state index contributed by atoms with van der Waals surface area (Å²) in [6, 6.07) is 24.1. The van der Waals surface area contributed by atoms with Crippen molar-refractivity contribution in [3.8, 4) is 0 Å². The standard InChI is InChI=1S/C35H40O9/c1-2-3-4-5-6-16-23-41-34-35(40,30(37)25-17-10-7-11-18-25)31(44-33(39)27-21-14-9-15-22-27)29(28(24-36)42-34)43-32(38)26-19-12-8-13-20-26/h7-15,17-22,28-29,31,34,36,40H,2-6,16,23-24H2,1H3/t28-,29-,31+,34?,35-/m1/s1. The molecule has 4 rings (SSSR count). The minimum atomic E-state index is -2.65. The summed E-state index contributed by atoms with van der Waals surface area (Å²) in [7, 11) is 0. The fourth-order valence-corrected chi connectivity index (χ4v) is 5.18. The zero-order valence-electron chi connectivity index (χ0n) is 24.9. The van der Waals surface area contributed by atoms with Gasteiger partial charge in [0.1, 0.15) is 6.10 Å². The van der Waals surface area contributed by atoms with E-state index in [1.807, 2.05) is 0 Å². The molecule has 0 aliphatic carbocycles. The Hall–Kier alpha value is -3.89. The van der Waals surface area contributed by atoms with Crippen molar-refractivity contribution >= 4 is 17.7 Å². The predicted molar refractivity (Wildman–Crippen MR) is 162 cm³/mol. The Morgan fingerprint density at radius 2 is 1.23 bits per heavy atom. The highest BCUT2D eigenvalue weighted by molar-refractivity contribution is 6.04. The van der Waals surface area contributed by atoms with E-state index >= 15 is 0 Å². The van der Waals surface area contributed by atoms with Gasteiger partial charge in [-0.05, 0) is 30.7 Å². The number of aliphatic hydroxyl groups is 2. The number of Topliss-reactive ketones (excluding diaryl/α,β-unsaturated/α-hetero) is 1. The largest absolute Gasteiger partial charge is 0.452 e. The van der Waals surface area contributed by atoms with Gasteiger partial charge in [-0.3, -0.25) is 4.79 Å². The molecule has 9 nitrogen and oxygen atoms in total. The molecule has 9 heteroatoms. The second kappa shape index (κ2) is 16.3. The van der Waals surface area contributed by atoms with Gasteiger partial charge < -0.3 is 29.2 Å². The number of esters is 2. The minimum absolute atomic E-state index is 0.100. The van der Waals surface area contributed by atoms with Crippen LogP contribution in [0.2, 0.25) is 0 Å². The van der Waals surface area contributed by atoms with Crippen molar-refractivity contribution in [1.29, 1.82) is 0 Å². The van der Waals surface area contributed by atoms with E-state index in [9.17, 15) is 24.6 Å². The van der Waals surface area contributed by atoms with Crippen LogP contribution < -0.4 is 0 Å². The molecule has 2 N–H and O–H groups in total. The van der Waals surface area contributed by atoms with Crippen LogP contribution in [0.5, 0.6) is 0 Å². The van der Waals surface area contributed by atoms with E-state index in [1.165, 1.54) is 36.4 Å². The fourth-order valence-electron chi connectivity index (χ4n) is 5.18. The molecule has 1 aliphatic heterocycles. The van der Waals surface area contributed by atoms with E-state index in [2.05, 4.69) is 6.92 Å². The van der Waals surface area contributed by atoms with Crippen molar-refractivity contribution in [2.75, 3.05) is 13.2 Å². The molecule has 0 spiro atoms. The summed E-state index contributed by atoms with van der Waals surface area (Å²) < 4.78 is 23.6.